The molecule has 0 amide bonds. The van der Waals surface area contributed by atoms with Gasteiger partial charge in [0.05, 0.1) is 15.7 Å². The van der Waals surface area contributed by atoms with Crippen LogP contribution in [0.2, 0.25) is 10.0 Å². The molecular formula is C18H18Cl2N2. The van der Waals surface area contributed by atoms with Gasteiger partial charge in [-0.3, -0.25) is 4.99 Å². The lowest BCUT2D eigenvalue weighted by molar-refractivity contribution is 0.949. The summed E-state index contributed by atoms with van der Waals surface area (Å²) in [6.07, 6.45) is 4.42. The van der Waals surface area contributed by atoms with E-state index in [1.165, 1.54) is 24.1 Å². The number of benzene rings is 2. The van der Waals surface area contributed by atoms with E-state index in [1.54, 1.807) is 6.07 Å². The van der Waals surface area contributed by atoms with Gasteiger partial charge in [0.1, 0.15) is 0 Å². The highest BCUT2D eigenvalue weighted by molar-refractivity contribution is 6.43. The van der Waals surface area contributed by atoms with Gasteiger partial charge in [-0.2, -0.15) is 0 Å². The van der Waals surface area contributed by atoms with Gasteiger partial charge in [-0.1, -0.05) is 35.3 Å². The average Bonchev–Trinajstić information content (AvgIpc) is 3.04. The second-order valence-electron chi connectivity index (χ2n) is 5.57. The fourth-order valence-corrected chi connectivity index (χ4v) is 3.05. The van der Waals surface area contributed by atoms with Crippen LogP contribution in [0.4, 0.5) is 11.4 Å². The van der Waals surface area contributed by atoms with Gasteiger partial charge in [0, 0.05) is 25.0 Å². The average molecular weight is 333 g/mol. The van der Waals surface area contributed by atoms with E-state index in [4.69, 9.17) is 23.2 Å². The SMILES string of the molecule is Cc1cc(N2CCCC2)ccc1C=Nc1cccc(Cl)c1Cl. The molecule has 2 aromatic carbocycles. The maximum Gasteiger partial charge on any atom is 0.0848 e. The third kappa shape index (κ3) is 3.29. The monoisotopic (exact) mass is 332 g/mol. The molecule has 1 saturated heterocycles. The molecule has 2 aromatic rings. The Bertz CT molecular complexity index is 704. The highest BCUT2D eigenvalue weighted by atomic mass is 35.5. The maximum atomic E-state index is 6.16. The largest absolute Gasteiger partial charge is 0.372 e. The minimum Gasteiger partial charge on any atom is -0.372 e. The van der Waals surface area contributed by atoms with Crippen LogP contribution in [0.25, 0.3) is 0 Å². The van der Waals surface area contributed by atoms with E-state index >= 15 is 0 Å². The Balaban J connectivity index is 1.83. The minimum atomic E-state index is 0.492. The lowest BCUT2D eigenvalue weighted by Crippen LogP contribution is -2.17. The van der Waals surface area contributed by atoms with Crippen LogP contribution in [0, 0.1) is 6.92 Å². The number of nitrogens with zero attached hydrogens (tertiary/aromatic N) is 2. The first-order chi connectivity index (χ1) is 10.6. The number of hydrogen-bond donors (Lipinski definition) is 0. The van der Waals surface area contributed by atoms with E-state index in [0.29, 0.717) is 15.7 Å². The third-order valence-electron chi connectivity index (χ3n) is 4.00. The van der Waals surface area contributed by atoms with Crippen molar-refractivity contribution in [2.75, 3.05) is 18.0 Å². The van der Waals surface area contributed by atoms with E-state index in [-0.39, 0.29) is 0 Å². The summed E-state index contributed by atoms with van der Waals surface area (Å²) in [5.41, 5.74) is 4.30. The standard InChI is InChI=1S/C18H18Cl2N2/c1-13-11-15(22-9-2-3-10-22)8-7-14(13)12-21-17-6-4-5-16(19)18(17)20/h4-8,11-12H,2-3,9-10H2,1H3. The Morgan fingerprint density at radius 3 is 2.59 bits per heavy atom. The van der Waals surface area contributed by atoms with Crippen molar-refractivity contribution in [3.63, 3.8) is 0 Å². The summed E-state index contributed by atoms with van der Waals surface area (Å²) in [4.78, 5) is 6.90. The Labute approximate surface area is 141 Å². The van der Waals surface area contributed by atoms with E-state index < -0.39 is 0 Å². The van der Waals surface area contributed by atoms with Crippen molar-refractivity contribution in [3.05, 3.63) is 57.6 Å². The van der Waals surface area contributed by atoms with Crippen molar-refractivity contribution in [2.45, 2.75) is 19.8 Å². The number of rotatable bonds is 3. The van der Waals surface area contributed by atoms with Gasteiger partial charge in [0.15, 0.2) is 0 Å². The van der Waals surface area contributed by atoms with Crippen LogP contribution in [0.3, 0.4) is 0 Å². The van der Waals surface area contributed by atoms with Crippen molar-refractivity contribution in [1.82, 2.24) is 0 Å². The highest BCUT2D eigenvalue weighted by Crippen LogP contribution is 2.31. The molecule has 1 aliphatic rings. The molecule has 0 spiro atoms. The fraction of sp³-hybridized carbons (Fsp3) is 0.278. The highest BCUT2D eigenvalue weighted by Gasteiger charge is 2.12. The smallest absolute Gasteiger partial charge is 0.0848 e. The molecule has 1 aliphatic heterocycles. The molecular weight excluding hydrogens is 315 g/mol. The van der Waals surface area contributed by atoms with Gasteiger partial charge >= 0.3 is 0 Å². The molecule has 0 bridgehead atoms. The second kappa shape index (κ2) is 6.72. The predicted octanol–water partition coefficient (Wildman–Crippen LogP) is 5.65. The molecule has 0 unspecified atom stereocenters. The van der Waals surface area contributed by atoms with Crippen molar-refractivity contribution >= 4 is 40.8 Å². The van der Waals surface area contributed by atoms with E-state index in [1.807, 2.05) is 18.3 Å². The number of hydrogen-bond acceptors (Lipinski definition) is 2. The molecule has 2 nitrogen and oxygen atoms in total. The van der Waals surface area contributed by atoms with Gasteiger partial charge < -0.3 is 4.90 Å². The maximum absolute atomic E-state index is 6.16. The lowest BCUT2D eigenvalue weighted by Gasteiger charge is -2.18. The summed E-state index contributed by atoms with van der Waals surface area (Å²) >= 11 is 12.2. The van der Waals surface area contributed by atoms with Crippen molar-refractivity contribution in [1.29, 1.82) is 0 Å². The first kappa shape index (κ1) is 15.4. The molecule has 0 aromatic heterocycles. The number of aliphatic imine (C=N–C) groups is 1. The fourth-order valence-electron chi connectivity index (χ4n) is 2.71. The first-order valence-corrected chi connectivity index (χ1v) is 8.24. The molecule has 0 aliphatic carbocycles. The molecule has 0 N–H and O–H groups in total. The zero-order valence-electron chi connectivity index (χ0n) is 12.5. The molecule has 4 heteroatoms. The lowest BCUT2D eigenvalue weighted by atomic mass is 10.1. The predicted molar refractivity (Wildman–Crippen MR) is 96.3 cm³/mol. The van der Waals surface area contributed by atoms with Crippen LogP contribution < -0.4 is 4.90 Å². The normalized spacial score (nSPS) is 15.0. The molecule has 1 fully saturated rings. The van der Waals surface area contributed by atoms with E-state index in [2.05, 4.69) is 35.0 Å². The Morgan fingerprint density at radius 1 is 1.09 bits per heavy atom. The van der Waals surface area contributed by atoms with Crippen LogP contribution in [0.1, 0.15) is 24.0 Å². The van der Waals surface area contributed by atoms with E-state index in [0.717, 1.165) is 18.7 Å². The van der Waals surface area contributed by atoms with Gasteiger partial charge in [-0.25, -0.2) is 0 Å². The van der Waals surface area contributed by atoms with Crippen LogP contribution in [-0.2, 0) is 0 Å². The van der Waals surface area contributed by atoms with Gasteiger partial charge in [0.2, 0.25) is 0 Å². The van der Waals surface area contributed by atoms with Crippen molar-refractivity contribution in [2.24, 2.45) is 4.99 Å². The van der Waals surface area contributed by atoms with Crippen molar-refractivity contribution in [3.8, 4) is 0 Å². The minimum absolute atomic E-state index is 0.492. The van der Waals surface area contributed by atoms with Gasteiger partial charge in [0.25, 0.3) is 0 Å². The van der Waals surface area contributed by atoms with Gasteiger partial charge in [-0.05, 0) is 55.2 Å². The summed E-state index contributed by atoms with van der Waals surface area (Å²) in [7, 11) is 0. The summed E-state index contributed by atoms with van der Waals surface area (Å²) < 4.78 is 0. The zero-order chi connectivity index (χ0) is 15.5. The van der Waals surface area contributed by atoms with E-state index in [9.17, 15) is 0 Å². The van der Waals surface area contributed by atoms with Gasteiger partial charge in [-0.15, -0.1) is 0 Å². The topological polar surface area (TPSA) is 15.6 Å². The summed E-state index contributed by atoms with van der Waals surface area (Å²) in [6, 6.07) is 12.0. The van der Waals surface area contributed by atoms with Crippen LogP contribution in [-0.4, -0.2) is 19.3 Å². The van der Waals surface area contributed by atoms with Crippen LogP contribution in [0.15, 0.2) is 41.4 Å². The number of halogens is 2. The molecule has 0 atom stereocenters. The Morgan fingerprint density at radius 2 is 1.86 bits per heavy atom. The molecule has 1 heterocycles. The summed E-state index contributed by atoms with van der Waals surface area (Å²) in [5.74, 6) is 0. The Hall–Kier alpha value is -1.51. The quantitative estimate of drug-likeness (QED) is 0.663. The number of anilines is 1. The van der Waals surface area contributed by atoms with Crippen molar-refractivity contribution < 1.29 is 0 Å². The molecule has 114 valence electrons. The van der Waals surface area contributed by atoms with Crippen LogP contribution >= 0.6 is 23.2 Å². The third-order valence-corrected chi connectivity index (χ3v) is 4.81. The molecule has 22 heavy (non-hydrogen) atoms. The Kier molecular flexibility index (Phi) is 4.70. The molecule has 3 rings (SSSR count). The van der Waals surface area contributed by atoms with Crippen LogP contribution in [0.5, 0.6) is 0 Å². The second-order valence-corrected chi connectivity index (χ2v) is 6.35. The summed E-state index contributed by atoms with van der Waals surface area (Å²) in [5, 5.41) is 1.02. The number of aryl methyl sites for hydroxylation is 1. The zero-order valence-corrected chi connectivity index (χ0v) is 14.0. The molecule has 0 saturated carbocycles. The first-order valence-electron chi connectivity index (χ1n) is 7.49. The molecule has 0 radical (unpaired) electrons. The summed E-state index contributed by atoms with van der Waals surface area (Å²) in [6.45, 7) is 4.43.